The second-order valence-corrected chi connectivity index (χ2v) is 6.52. The largest absolute Gasteiger partial charge is 0.452 e. The van der Waals surface area contributed by atoms with Gasteiger partial charge in [-0.25, -0.2) is 9.78 Å². The maximum atomic E-state index is 12.4. The number of carbonyl (C=O) groups excluding carboxylic acids is 3. The molecule has 3 rings (SSSR count). The Bertz CT molecular complexity index is 982. The van der Waals surface area contributed by atoms with Crippen molar-refractivity contribution in [2.24, 2.45) is 0 Å². The number of nitrogens with one attached hydrogen (secondary N) is 2. The highest BCUT2D eigenvalue weighted by atomic mass is 16.5. The van der Waals surface area contributed by atoms with Gasteiger partial charge in [0.15, 0.2) is 6.61 Å². The number of fused-ring (bicyclic) bond motifs is 2. The van der Waals surface area contributed by atoms with Crippen LogP contribution in [0, 0.1) is 0 Å². The second kappa shape index (κ2) is 8.64. The third kappa shape index (κ3) is 4.36. The lowest BCUT2D eigenvalue weighted by atomic mass is 10.1. The number of amides is 2. The summed E-state index contributed by atoms with van der Waals surface area (Å²) in [6, 6.07) is 4.52. The average molecular weight is 386 g/mol. The molecule has 1 aliphatic heterocycles. The molecule has 0 bridgehead atoms. The zero-order valence-corrected chi connectivity index (χ0v) is 15.6. The number of hydrogen-bond acceptors (Lipinski definition) is 6. The van der Waals surface area contributed by atoms with Crippen LogP contribution < -0.4 is 16.2 Å². The summed E-state index contributed by atoms with van der Waals surface area (Å²) in [5, 5.41) is 5.44. The smallest absolute Gasteiger partial charge is 0.338 e. The van der Waals surface area contributed by atoms with Gasteiger partial charge >= 0.3 is 5.97 Å². The van der Waals surface area contributed by atoms with E-state index in [4.69, 9.17) is 4.74 Å². The second-order valence-electron chi connectivity index (χ2n) is 6.52. The molecular formula is C19H22N4O5. The molecule has 148 valence electrons. The van der Waals surface area contributed by atoms with Gasteiger partial charge in [-0.15, -0.1) is 0 Å². The van der Waals surface area contributed by atoms with E-state index in [9.17, 15) is 19.2 Å². The van der Waals surface area contributed by atoms with Gasteiger partial charge in [0.1, 0.15) is 5.82 Å². The van der Waals surface area contributed by atoms with Crippen LogP contribution in [-0.2, 0) is 27.3 Å². The number of benzene rings is 1. The van der Waals surface area contributed by atoms with Crippen molar-refractivity contribution in [2.45, 2.75) is 32.7 Å². The number of aryl methyl sites for hydroxylation is 1. The number of carbonyl (C=O) groups is 3. The van der Waals surface area contributed by atoms with Crippen molar-refractivity contribution >= 4 is 28.7 Å². The van der Waals surface area contributed by atoms with E-state index in [1.54, 1.807) is 10.6 Å². The summed E-state index contributed by atoms with van der Waals surface area (Å²) in [6.07, 6.45) is 2.40. The van der Waals surface area contributed by atoms with Crippen molar-refractivity contribution in [3.63, 3.8) is 0 Å². The van der Waals surface area contributed by atoms with E-state index in [2.05, 4.69) is 15.6 Å². The zero-order valence-electron chi connectivity index (χ0n) is 15.6. The molecule has 9 heteroatoms. The summed E-state index contributed by atoms with van der Waals surface area (Å²) >= 11 is 0. The van der Waals surface area contributed by atoms with E-state index in [1.165, 1.54) is 12.1 Å². The van der Waals surface area contributed by atoms with Crippen LogP contribution in [0.25, 0.3) is 10.9 Å². The van der Waals surface area contributed by atoms with E-state index in [1.807, 2.05) is 6.92 Å². The van der Waals surface area contributed by atoms with Gasteiger partial charge in [0.2, 0.25) is 5.91 Å². The topological polar surface area (TPSA) is 119 Å². The van der Waals surface area contributed by atoms with Crippen LogP contribution >= 0.6 is 0 Å². The molecule has 0 atom stereocenters. The normalized spacial score (nSPS) is 12.5. The van der Waals surface area contributed by atoms with Crippen LogP contribution in [0.4, 0.5) is 0 Å². The molecule has 1 aromatic carbocycles. The van der Waals surface area contributed by atoms with E-state index < -0.39 is 18.5 Å². The lowest BCUT2D eigenvalue weighted by Gasteiger charge is -2.08. The first-order valence-corrected chi connectivity index (χ1v) is 9.23. The van der Waals surface area contributed by atoms with Crippen LogP contribution in [0.2, 0.25) is 0 Å². The van der Waals surface area contributed by atoms with Crippen LogP contribution in [0.5, 0.6) is 0 Å². The number of nitrogens with zero attached hydrogens (tertiary/aromatic N) is 2. The molecule has 2 heterocycles. The Morgan fingerprint density at radius 3 is 2.82 bits per heavy atom. The standard InChI is InChI=1S/C19H22N4O5/c1-2-7-20-16(24)10-21-17(25)11-28-19(27)12-5-6-13-14(9-12)22-15-4-3-8-23(15)18(13)26/h5-6,9H,2-4,7-8,10-11H2,1H3,(H,20,24)(H,21,25). The molecule has 0 saturated carbocycles. The zero-order chi connectivity index (χ0) is 20.1. The summed E-state index contributed by atoms with van der Waals surface area (Å²) in [5.41, 5.74) is 0.527. The summed E-state index contributed by atoms with van der Waals surface area (Å²) in [7, 11) is 0. The Labute approximate surface area is 161 Å². The Hall–Kier alpha value is -3.23. The lowest BCUT2D eigenvalue weighted by molar-refractivity contribution is -0.127. The van der Waals surface area contributed by atoms with Gasteiger partial charge in [0, 0.05) is 19.5 Å². The highest BCUT2D eigenvalue weighted by Gasteiger charge is 2.18. The van der Waals surface area contributed by atoms with Gasteiger partial charge in [-0.2, -0.15) is 0 Å². The predicted octanol–water partition coefficient (Wildman–Crippen LogP) is 0.142. The summed E-state index contributed by atoms with van der Waals surface area (Å²) in [4.78, 5) is 52.2. The molecule has 0 spiro atoms. The first kappa shape index (κ1) is 19.5. The fourth-order valence-electron chi connectivity index (χ4n) is 2.98. The van der Waals surface area contributed by atoms with Gasteiger partial charge in [0.25, 0.3) is 11.5 Å². The molecule has 9 nitrogen and oxygen atoms in total. The van der Waals surface area contributed by atoms with Crippen molar-refractivity contribution < 1.29 is 19.1 Å². The van der Waals surface area contributed by atoms with Gasteiger partial charge in [-0.1, -0.05) is 6.92 Å². The maximum Gasteiger partial charge on any atom is 0.338 e. The highest BCUT2D eigenvalue weighted by molar-refractivity contribution is 5.95. The minimum atomic E-state index is -0.699. The fraction of sp³-hybridized carbons (Fsp3) is 0.421. The van der Waals surface area contributed by atoms with Crippen LogP contribution in [-0.4, -0.2) is 47.0 Å². The quantitative estimate of drug-likeness (QED) is 0.654. The third-order valence-electron chi connectivity index (χ3n) is 4.40. The van der Waals surface area contributed by atoms with Crippen LogP contribution in [0.15, 0.2) is 23.0 Å². The fourth-order valence-corrected chi connectivity index (χ4v) is 2.98. The Kier molecular flexibility index (Phi) is 6.03. The molecule has 2 N–H and O–H groups in total. The van der Waals surface area contributed by atoms with E-state index in [0.717, 1.165) is 19.3 Å². The van der Waals surface area contributed by atoms with Crippen molar-refractivity contribution in [1.82, 2.24) is 20.2 Å². The van der Waals surface area contributed by atoms with Crippen molar-refractivity contribution in [3.8, 4) is 0 Å². The lowest BCUT2D eigenvalue weighted by Crippen LogP contribution is -2.38. The first-order chi connectivity index (χ1) is 13.5. The molecule has 2 aromatic rings. The molecule has 0 saturated heterocycles. The van der Waals surface area contributed by atoms with E-state index in [0.29, 0.717) is 29.8 Å². The summed E-state index contributed by atoms with van der Waals surface area (Å²) < 4.78 is 6.64. The highest BCUT2D eigenvalue weighted by Crippen LogP contribution is 2.16. The minimum Gasteiger partial charge on any atom is -0.452 e. The SMILES string of the molecule is CCCNC(=O)CNC(=O)COC(=O)c1ccc2c(=O)n3c(nc2c1)CCC3. The molecule has 28 heavy (non-hydrogen) atoms. The van der Waals surface area contributed by atoms with Gasteiger partial charge in [0.05, 0.1) is 23.0 Å². The number of hydrogen-bond donors (Lipinski definition) is 2. The molecule has 1 aromatic heterocycles. The van der Waals surface area contributed by atoms with Gasteiger partial charge < -0.3 is 15.4 Å². The molecule has 0 aliphatic carbocycles. The van der Waals surface area contributed by atoms with Gasteiger partial charge in [-0.05, 0) is 31.0 Å². The van der Waals surface area contributed by atoms with Crippen molar-refractivity contribution in [3.05, 3.63) is 39.9 Å². The molecule has 1 aliphatic rings. The number of aromatic nitrogens is 2. The minimum absolute atomic E-state index is 0.113. The molecular weight excluding hydrogens is 364 g/mol. The molecule has 0 unspecified atom stereocenters. The number of rotatable bonds is 7. The van der Waals surface area contributed by atoms with Crippen LogP contribution in [0.3, 0.4) is 0 Å². The molecule has 2 amide bonds. The van der Waals surface area contributed by atoms with Crippen molar-refractivity contribution in [1.29, 1.82) is 0 Å². The van der Waals surface area contributed by atoms with Crippen LogP contribution in [0.1, 0.15) is 35.9 Å². The third-order valence-corrected chi connectivity index (χ3v) is 4.40. The summed E-state index contributed by atoms with van der Waals surface area (Å²) in [5.74, 6) is -0.866. The number of esters is 1. The number of ether oxygens (including phenoxy) is 1. The van der Waals surface area contributed by atoms with E-state index in [-0.39, 0.29) is 23.6 Å². The average Bonchev–Trinajstić information content (AvgIpc) is 3.17. The van der Waals surface area contributed by atoms with E-state index >= 15 is 0 Å². The molecule has 0 radical (unpaired) electrons. The molecule has 0 fully saturated rings. The Morgan fingerprint density at radius 1 is 1.21 bits per heavy atom. The Balaban J connectivity index is 1.59. The summed E-state index contributed by atoms with van der Waals surface area (Å²) in [6.45, 7) is 2.44. The first-order valence-electron chi connectivity index (χ1n) is 9.23. The Morgan fingerprint density at radius 2 is 2.04 bits per heavy atom. The monoisotopic (exact) mass is 386 g/mol. The van der Waals surface area contributed by atoms with Gasteiger partial charge in [-0.3, -0.25) is 19.0 Å². The predicted molar refractivity (Wildman–Crippen MR) is 101 cm³/mol. The maximum absolute atomic E-state index is 12.4. The van der Waals surface area contributed by atoms with Crippen molar-refractivity contribution in [2.75, 3.05) is 19.7 Å².